The maximum Gasteiger partial charge on any atom is 0.355 e. The molecule has 28 heavy (non-hydrogen) atoms. The molecule has 0 unspecified atom stereocenters. The predicted octanol–water partition coefficient (Wildman–Crippen LogP) is 0.411. The second kappa shape index (κ2) is 6.76. The molecule has 1 aromatic rings. The average Bonchev–Trinajstić information content (AvgIpc) is 3.14. The summed E-state index contributed by atoms with van der Waals surface area (Å²) in [5, 5.41) is 11.9. The Bertz CT molecular complexity index is 941. The maximum absolute atomic E-state index is 13.2. The van der Waals surface area contributed by atoms with E-state index in [-0.39, 0.29) is 23.7 Å². The van der Waals surface area contributed by atoms with Gasteiger partial charge in [0.1, 0.15) is 5.70 Å². The molecule has 0 saturated carbocycles. The summed E-state index contributed by atoms with van der Waals surface area (Å²) in [6.07, 6.45) is 0.758. The van der Waals surface area contributed by atoms with Crippen LogP contribution in [0.3, 0.4) is 0 Å². The van der Waals surface area contributed by atoms with Crippen molar-refractivity contribution in [3.8, 4) is 0 Å². The third-order valence-corrected chi connectivity index (χ3v) is 4.37. The van der Waals surface area contributed by atoms with E-state index in [0.717, 1.165) is 16.0 Å². The second-order valence-electron chi connectivity index (χ2n) is 6.16. The minimum atomic E-state index is -1.75. The number of nitrogens with one attached hydrogen (secondary N) is 1. The summed E-state index contributed by atoms with van der Waals surface area (Å²) < 4.78 is 4.88. The number of carbonyl (C=O) groups excluding carboxylic acids is 4. The lowest BCUT2D eigenvalue weighted by Crippen LogP contribution is -2.56. The van der Waals surface area contributed by atoms with Crippen LogP contribution in [0.1, 0.15) is 20.3 Å². The zero-order valence-electron chi connectivity index (χ0n) is 15.0. The van der Waals surface area contributed by atoms with Crippen molar-refractivity contribution in [1.29, 1.82) is 0 Å². The Morgan fingerprint density at radius 1 is 1.36 bits per heavy atom. The van der Waals surface area contributed by atoms with Crippen LogP contribution in [0.2, 0.25) is 0 Å². The number of amides is 3. The van der Waals surface area contributed by atoms with Gasteiger partial charge in [0.2, 0.25) is 11.8 Å². The van der Waals surface area contributed by atoms with Crippen molar-refractivity contribution in [3.63, 3.8) is 0 Å². The lowest BCUT2D eigenvalue weighted by atomic mass is 9.96. The summed E-state index contributed by atoms with van der Waals surface area (Å²) in [6.45, 7) is 2.85. The van der Waals surface area contributed by atoms with Gasteiger partial charge < -0.3 is 4.74 Å². The van der Waals surface area contributed by atoms with Crippen LogP contribution in [-0.4, -0.2) is 45.8 Å². The number of benzene rings is 1. The molecule has 2 heterocycles. The molecule has 11 nitrogen and oxygen atoms in total. The first-order valence-electron chi connectivity index (χ1n) is 8.30. The van der Waals surface area contributed by atoms with Gasteiger partial charge in [0, 0.05) is 19.1 Å². The number of hydrogen-bond donors (Lipinski definition) is 1. The van der Waals surface area contributed by atoms with E-state index in [1.54, 1.807) is 6.92 Å². The van der Waals surface area contributed by atoms with Crippen molar-refractivity contribution >= 4 is 35.1 Å². The molecule has 1 spiro atoms. The molecule has 1 N–H and O–H groups in total. The lowest BCUT2D eigenvalue weighted by Gasteiger charge is -2.30. The number of anilines is 1. The molecule has 3 amide bonds. The van der Waals surface area contributed by atoms with E-state index in [1.807, 2.05) is 0 Å². The van der Waals surface area contributed by atoms with Crippen molar-refractivity contribution in [2.24, 2.45) is 0 Å². The number of imide groups is 1. The number of hydrazine groups is 1. The van der Waals surface area contributed by atoms with Gasteiger partial charge in [-0.1, -0.05) is 6.07 Å². The fourth-order valence-electron chi connectivity index (χ4n) is 3.22. The maximum atomic E-state index is 13.2. The Morgan fingerprint density at radius 3 is 2.68 bits per heavy atom. The number of hydrogen-bond acceptors (Lipinski definition) is 8. The number of esters is 1. The molecule has 0 aliphatic carbocycles. The second-order valence-corrected chi connectivity index (χ2v) is 6.16. The van der Waals surface area contributed by atoms with E-state index < -0.39 is 40.6 Å². The van der Waals surface area contributed by atoms with Crippen molar-refractivity contribution in [2.75, 3.05) is 11.5 Å². The molecule has 146 valence electrons. The molecular weight excluding hydrogens is 372 g/mol. The van der Waals surface area contributed by atoms with E-state index in [4.69, 9.17) is 4.74 Å². The van der Waals surface area contributed by atoms with Crippen LogP contribution in [-0.2, 0) is 23.9 Å². The molecule has 1 saturated heterocycles. The fourth-order valence-corrected chi connectivity index (χ4v) is 3.22. The van der Waals surface area contributed by atoms with Gasteiger partial charge in [-0.2, -0.15) is 0 Å². The van der Waals surface area contributed by atoms with E-state index in [9.17, 15) is 29.3 Å². The Labute approximate surface area is 158 Å². The van der Waals surface area contributed by atoms with Gasteiger partial charge in [-0.15, -0.1) is 0 Å². The van der Waals surface area contributed by atoms with Gasteiger partial charge in [-0.05, 0) is 19.1 Å². The topological polar surface area (TPSA) is 139 Å². The van der Waals surface area contributed by atoms with Crippen LogP contribution in [0, 0.1) is 10.1 Å². The Kier molecular flexibility index (Phi) is 4.59. The summed E-state index contributed by atoms with van der Waals surface area (Å²) in [7, 11) is 0. The third-order valence-electron chi connectivity index (χ3n) is 4.37. The Balaban J connectivity index is 2.05. The van der Waals surface area contributed by atoms with Gasteiger partial charge in [-0.25, -0.2) is 14.7 Å². The van der Waals surface area contributed by atoms with Crippen LogP contribution < -0.4 is 10.3 Å². The molecule has 0 bridgehead atoms. The summed E-state index contributed by atoms with van der Waals surface area (Å²) in [4.78, 5) is 61.0. The molecule has 3 rings (SSSR count). The SMILES string of the molecule is CCOC(=O)C1=C[C@@]2(CC(=O)N(c3cccc([N+](=O)[O-])c3)C2=O)N(C(C)=O)N1. The van der Waals surface area contributed by atoms with E-state index in [2.05, 4.69) is 5.43 Å². The zero-order valence-corrected chi connectivity index (χ0v) is 15.0. The summed E-state index contributed by atoms with van der Waals surface area (Å²) in [5.74, 6) is -2.85. The predicted molar refractivity (Wildman–Crippen MR) is 93.3 cm³/mol. The normalized spacial score (nSPS) is 21.0. The van der Waals surface area contributed by atoms with Crippen molar-refractivity contribution in [2.45, 2.75) is 25.8 Å². The molecule has 0 aromatic heterocycles. The molecule has 1 atom stereocenters. The lowest BCUT2D eigenvalue weighted by molar-refractivity contribution is -0.384. The van der Waals surface area contributed by atoms with Crippen molar-refractivity contribution in [1.82, 2.24) is 10.4 Å². The summed E-state index contributed by atoms with van der Waals surface area (Å²) >= 11 is 0. The first-order valence-corrected chi connectivity index (χ1v) is 8.30. The minimum Gasteiger partial charge on any atom is -0.461 e. The van der Waals surface area contributed by atoms with Gasteiger partial charge in [0.15, 0.2) is 5.54 Å². The largest absolute Gasteiger partial charge is 0.461 e. The van der Waals surface area contributed by atoms with Crippen LogP contribution in [0.15, 0.2) is 36.0 Å². The Hall–Kier alpha value is -3.76. The highest BCUT2D eigenvalue weighted by Gasteiger charge is 2.59. The monoisotopic (exact) mass is 388 g/mol. The standard InChI is InChI=1S/C17H16N4O7/c1-3-28-15(24)13-8-17(20(18-13)10(2)22)9-14(23)19(16(17)25)11-5-4-6-12(7-11)21(26)27/h4-8,18H,3,9H2,1-2H3/t17-/m0/s1. The molecule has 2 aliphatic heterocycles. The number of ether oxygens (including phenoxy) is 1. The molecule has 11 heteroatoms. The van der Waals surface area contributed by atoms with Gasteiger partial charge >= 0.3 is 5.97 Å². The first kappa shape index (κ1) is 19.0. The van der Waals surface area contributed by atoms with Crippen LogP contribution in [0.5, 0.6) is 0 Å². The minimum absolute atomic E-state index is 0.00237. The molecule has 1 aromatic carbocycles. The van der Waals surface area contributed by atoms with Crippen LogP contribution in [0.4, 0.5) is 11.4 Å². The highest BCUT2D eigenvalue weighted by molar-refractivity contribution is 6.26. The van der Waals surface area contributed by atoms with Gasteiger partial charge in [-0.3, -0.25) is 29.9 Å². The van der Waals surface area contributed by atoms with Crippen LogP contribution >= 0.6 is 0 Å². The average molecular weight is 388 g/mol. The molecule has 1 fully saturated rings. The van der Waals surface area contributed by atoms with Crippen LogP contribution in [0.25, 0.3) is 0 Å². The van der Waals surface area contributed by atoms with Gasteiger partial charge in [0.05, 0.1) is 23.6 Å². The van der Waals surface area contributed by atoms with E-state index in [0.29, 0.717) is 0 Å². The number of rotatable bonds is 4. The van der Waals surface area contributed by atoms with E-state index >= 15 is 0 Å². The molecular formula is C17H16N4O7. The molecule has 2 aliphatic rings. The van der Waals surface area contributed by atoms with Crippen molar-refractivity contribution < 1.29 is 28.8 Å². The first-order chi connectivity index (χ1) is 13.2. The number of nitro benzene ring substituents is 1. The summed E-state index contributed by atoms with van der Waals surface area (Å²) in [6, 6.07) is 5.03. The third kappa shape index (κ3) is 2.86. The number of nitrogens with zero attached hydrogens (tertiary/aromatic N) is 3. The van der Waals surface area contributed by atoms with E-state index in [1.165, 1.54) is 31.2 Å². The highest BCUT2D eigenvalue weighted by atomic mass is 16.6. The quantitative estimate of drug-likeness (QED) is 0.339. The number of nitro groups is 1. The fraction of sp³-hybridized carbons (Fsp3) is 0.294. The number of non-ortho nitro benzene ring substituents is 1. The highest BCUT2D eigenvalue weighted by Crippen LogP contribution is 2.38. The Morgan fingerprint density at radius 2 is 2.07 bits per heavy atom. The zero-order chi connectivity index (χ0) is 20.6. The number of carbonyl (C=O) groups is 4. The summed E-state index contributed by atoms with van der Waals surface area (Å²) in [5.41, 5.74) is 0.335. The van der Waals surface area contributed by atoms with Crippen molar-refractivity contribution in [3.05, 3.63) is 46.2 Å². The molecule has 0 radical (unpaired) electrons. The van der Waals surface area contributed by atoms with Gasteiger partial charge in [0.25, 0.3) is 11.6 Å². The smallest absolute Gasteiger partial charge is 0.355 e.